The van der Waals surface area contributed by atoms with E-state index >= 15 is 0 Å². The number of halogens is 2. The van der Waals surface area contributed by atoms with Gasteiger partial charge in [-0.3, -0.25) is 4.79 Å². The van der Waals surface area contributed by atoms with Crippen molar-refractivity contribution in [2.24, 2.45) is 0 Å². The topological polar surface area (TPSA) is 95.9 Å². The van der Waals surface area contributed by atoms with Crippen LogP contribution in [0.2, 0.25) is 0 Å². The summed E-state index contributed by atoms with van der Waals surface area (Å²) in [6.07, 6.45) is 0. The van der Waals surface area contributed by atoms with E-state index in [1.165, 1.54) is 0 Å². The Morgan fingerprint density at radius 2 is 1.74 bits per heavy atom. The van der Waals surface area contributed by atoms with Crippen molar-refractivity contribution in [2.45, 2.75) is 0 Å². The lowest BCUT2D eigenvalue weighted by atomic mass is 10.2. The number of esters is 1. The third-order valence-electron chi connectivity index (χ3n) is 2.76. The molecule has 2 aromatic carbocycles. The molecule has 3 N–H and O–H groups in total. The lowest BCUT2D eigenvalue weighted by Gasteiger charge is -2.09. The highest BCUT2D eigenvalue weighted by Crippen LogP contribution is 2.23. The highest BCUT2D eigenvalue weighted by Gasteiger charge is 2.16. The van der Waals surface area contributed by atoms with Gasteiger partial charge in [-0.1, -0.05) is 6.07 Å². The van der Waals surface area contributed by atoms with Gasteiger partial charge in [-0.2, -0.15) is 0 Å². The van der Waals surface area contributed by atoms with Crippen LogP contribution in [0.4, 0.5) is 14.5 Å². The number of anilines is 1. The lowest BCUT2D eigenvalue weighted by molar-refractivity contribution is -0.119. The van der Waals surface area contributed by atoms with Crippen LogP contribution in [0, 0.1) is 11.6 Å². The highest BCUT2D eigenvalue weighted by molar-refractivity contribution is 5.96. The van der Waals surface area contributed by atoms with E-state index in [4.69, 9.17) is 5.11 Å². The third kappa shape index (κ3) is 3.94. The van der Waals surface area contributed by atoms with Gasteiger partial charge in [0, 0.05) is 6.07 Å². The number of nitrogens with one attached hydrogen (secondary N) is 1. The Labute approximate surface area is 128 Å². The number of aromatic hydroxyl groups is 2. The SMILES string of the molecule is O=C(COC(=O)c1ccc(O)cc1O)Nc1c(F)cccc1F. The van der Waals surface area contributed by atoms with Crippen molar-refractivity contribution in [3.05, 3.63) is 53.6 Å². The van der Waals surface area contributed by atoms with E-state index < -0.39 is 41.6 Å². The molecular formula is C15H11F2NO5. The van der Waals surface area contributed by atoms with Gasteiger partial charge in [0.05, 0.1) is 0 Å². The number of phenols is 2. The number of ether oxygens (including phenoxy) is 1. The van der Waals surface area contributed by atoms with Gasteiger partial charge >= 0.3 is 5.97 Å². The Morgan fingerprint density at radius 1 is 1.09 bits per heavy atom. The second-order valence-electron chi connectivity index (χ2n) is 4.42. The summed E-state index contributed by atoms with van der Waals surface area (Å²) >= 11 is 0. The normalized spacial score (nSPS) is 10.2. The van der Waals surface area contributed by atoms with Crippen LogP contribution in [-0.2, 0) is 9.53 Å². The predicted molar refractivity (Wildman–Crippen MR) is 75.0 cm³/mol. The second-order valence-corrected chi connectivity index (χ2v) is 4.42. The maximum atomic E-state index is 13.3. The molecule has 23 heavy (non-hydrogen) atoms. The molecule has 2 rings (SSSR count). The maximum absolute atomic E-state index is 13.3. The number of phenolic OH excluding ortho intramolecular Hbond substituents is 2. The first-order valence-corrected chi connectivity index (χ1v) is 6.31. The van der Waals surface area contributed by atoms with Crippen LogP contribution in [0.1, 0.15) is 10.4 Å². The molecule has 0 heterocycles. The van der Waals surface area contributed by atoms with Crippen LogP contribution in [0.5, 0.6) is 11.5 Å². The molecule has 120 valence electrons. The fourth-order valence-electron chi connectivity index (χ4n) is 1.69. The van der Waals surface area contributed by atoms with Crippen molar-refractivity contribution in [3.63, 3.8) is 0 Å². The predicted octanol–water partition coefficient (Wildman–Crippen LogP) is 2.17. The smallest absolute Gasteiger partial charge is 0.342 e. The summed E-state index contributed by atoms with van der Waals surface area (Å²) in [5, 5.41) is 20.5. The summed E-state index contributed by atoms with van der Waals surface area (Å²) in [6, 6.07) is 6.21. The summed E-state index contributed by atoms with van der Waals surface area (Å²) in [5.41, 5.74) is -0.922. The minimum atomic E-state index is -1.04. The first kappa shape index (κ1) is 16.2. The van der Waals surface area contributed by atoms with Crippen molar-refractivity contribution >= 4 is 17.6 Å². The molecule has 0 unspecified atom stereocenters. The molecule has 0 spiro atoms. The monoisotopic (exact) mass is 323 g/mol. The zero-order valence-electron chi connectivity index (χ0n) is 11.5. The Balaban J connectivity index is 1.98. The summed E-state index contributed by atoms with van der Waals surface area (Å²) in [5.74, 6) is -4.73. The highest BCUT2D eigenvalue weighted by atomic mass is 19.1. The van der Waals surface area contributed by atoms with E-state index in [0.717, 1.165) is 36.4 Å². The fourth-order valence-corrected chi connectivity index (χ4v) is 1.69. The zero-order chi connectivity index (χ0) is 17.0. The van der Waals surface area contributed by atoms with E-state index in [1.54, 1.807) is 0 Å². The molecule has 1 amide bonds. The Morgan fingerprint density at radius 3 is 2.35 bits per heavy atom. The summed E-state index contributed by atoms with van der Waals surface area (Å²) in [4.78, 5) is 23.2. The van der Waals surface area contributed by atoms with Crippen molar-refractivity contribution < 1.29 is 33.3 Å². The van der Waals surface area contributed by atoms with Gasteiger partial charge in [0.1, 0.15) is 34.4 Å². The summed E-state index contributed by atoms with van der Waals surface area (Å²) < 4.78 is 31.3. The Bertz CT molecular complexity index is 743. The van der Waals surface area contributed by atoms with Gasteiger partial charge in [-0.25, -0.2) is 13.6 Å². The van der Waals surface area contributed by atoms with Crippen LogP contribution >= 0.6 is 0 Å². The van der Waals surface area contributed by atoms with Crippen LogP contribution in [0.3, 0.4) is 0 Å². The molecule has 8 heteroatoms. The van der Waals surface area contributed by atoms with Crippen LogP contribution in [0.25, 0.3) is 0 Å². The van der Waals surface area contributed by atoms with Gasteiger partial charge in [0.2, 0.25) is 0 Å². The largest absolute Gasteiger partial charge is 0.508 e. The molecule has 0 aliphatic rings. The van der Waals surface area contributed by atoms with Gasteiger partial charge in [-0.15, -0.1) is 0 Å². The molecule has 6 nitrogen and oxygen atoms in total. The molecule has 0 bridgehead atoms. The molecule has 0 saturated carbocycles. The van der Waals surface area contributed by atoms with Crippen molar-refractivity contribution in [1.82, 2.24) is 0 Å². The Hall–Kier alpha value is -3.16. The minimum absolute atomic E-state index is 0.258. The van der Waals surface area contributed by atoms with Crippen LogP contribution in [0.15, 0.2) is 36.4 Å². The molecular weight excluding hydrogens is 312 g/mol. The van der Waals surface area contributed by atoms with Gasteiger partial charge in [0.25, 0.3) is 5.91 Å². The average molecular weight is 323 g/mol. The van der Waals surface area contributed by atoms with E-state index in [2.05, 4.69) is 4.74 Å². The summed E-state index contributed by atoms with van der Waals surface area (Å²) in [6.45, 7) is -0.813. The lowest BCUT2D eigenvalue weighted by Crippen LogP contribution is -2.22. The molecule has 0 fully saturated rings. The maximum Gasteiger partial charge on any atom is 0.342 e. The van der Waals surface area contributed by atoms with Crippen molar-refractivity contribution in [1.29, 1.82) is 0 Å². The zero-order valence-corrected chi connectivity index (χ0v) is 11.5. The van der Waals surface area contributed by atoms with Crippen molar-refractivity contribution in [3.8, 4) is 11.5 Å². The molecule has 0 radical (unpaired) electrons. The first-order valence-electron chi connectivity index (χ1n) is 6.31. The number of hydrogen-bond donors (Lipinski definition) is 3. The molecule has 0 aromatic heterocycles. The minimum Gasteiger partial charge on any atom is -0.508 e. The third-order valence-corrected chi connectivity index (χ3v) is 2.76. The quantitative estimate of drug-likeness (QED) is 0.750. The fraction of sp³-hybridized carbons (Fsp3) is 0.0667. The molecule has 0 saturated heterocycles. The molecule has 2 aromatic rings. The van der Waals surface area contributed by atoms with E-state index in [9.17, 15) is 23.5 Å². The number of para-hydroxylation sites is 1. The number of rotatable bonds is 4. The Kier molecular flexibility index (Phi) is 4.75. The molecule has 0 aliphatic carbocycles. The average Bonchev–Trinajstić information content (AvgIpc) is 2.49. The standard InChI is InChI=1S/C15H11F2NO5/c16-10-2-1-3-11(17)14(10)18-13(21)7-23-15(22)9-5-4-8(19)6-12(9)20/h1-6,19-20H,7H2,(H,18,21). The molecule has 0 atom stereocenters. The summed E-state index contributed by atoms with van der Waals surface area (Å²) in [7, 11) is 0. The van der Waals surface area contributed by atoms with Crippen molar-refractivity contribution in [2.75, 3.05) is 11.9 Å². The second kappa shape index (κ2) is 6.73. The number of carbonyl (C=O) groups excluding carboxylic acids is 2. The van der Waals surface area contributed by atoms with Crippen LogP contribution < -0.4 is 5.32 Å². The van der Waals surface area contributed by atoms with Crippen LogP contribution in [-0.4, -0.2) is 28.7 Å². The van der Waals surface area contributed by atoms with Gasteiger partial charge < -0.3 is 20.3 Å². The number of carbonyl (C=O) groups is 2. The van der Waals surface area contributed by atoms with E-state index in [0.29, 0.717) is 0 Å². The number of amides is 1. The van der Waals surface area contributed by atoms with E-state index in [1.807, 2.05) is 5.32 Å². The number of benzene rings is 2. The molecule has 0 aliphatic heterocycles. The van der Waals surface area contributed by atoms with E-state index in [-0.39, 0.29) is 11.3 Å². The van der Waals surface area contributed by atoms with Gasteiger partial charge in [0.15, 0.2) is 6.61 Å². The first-order chi connectivity index (χ1) is 10.9. The number of hydrogen-bond acceptors (Lipinski definition) is 5. The van der Waals surface area contributed by atoms with Gasteiger partial charge in [-0.05, 0) is 24.3 Å².